The lowest BCUT2D eigenvalue weighted by Crippen LogP contribution is -2.52. The summed E-state index contributed by atoms with van der Waals surface area (Å²) in [7, 11) is -3.91. The molecule has 1 N–H and O–H groups in total. The minimum Gasteiger partial charge on any atom is -0.371 e. The second-order valence-corrected chi connectivity index (χ2v) is 6.08. The van der Waals surface area contributed by atoms with Gasteiger partial charge in [-0.05, 0) is 38.3 Å². The molecule has 1 saturated carbocycles. The van der Waals surface area contributed by atoms with Crippen LogP contribution in [0.4, 0.5) is 5.69 Å². The highest BCUT2D eigenvalue weighted by Gasteiger charge is 2.36. The Morgan fingerprint density at radius 2 is 1.89 bits per heavy atom. The van der Waals surface area contributed by atoms with Gasteiger partial charge in [0.15, 0.2) is 0 Å². The molecule has 0 radical (unpaired) electrons. The third kappa shape index (κ3) is 3.42. The van der Waals surface area contributed by atoms with E-state index in [9.17, 15) is 18.5 Å². The predicted molar refractivity (Wildman–Crippen MR) is 68.0 cm³/mol. The minimum absolute atomic E-state index is 0.0426. The topological polar surface area (TPSA) is 98.5 Å². The normalized spacial score (nSPS) is 17.5. The van der Waals surface area contributed by atoms with Gasteiger partial charge in [0.2, 0.25) is 0 Å². The van der Waals surface area contributed by atoms with E-state index < -0.39 is 20.8 Å². The van der Waals surface area contributed by atoms with Crippen molar-refractivity contribution in [2.45, 2.75) is 31.7 Å². The molecule has 1 aromatic carbocycles. The molecular weight excluding hydrogens is 272 g/mol. The van der Waals surface area contributed by atoms with Crippen LogP contribution in [0.15, 0.2) is 24.3 Å². The first-order valence-corrected chi connectivity index (χ1v) is 7.18. The fourth-order valence-corrected chi connectivity index (χ4v) is 3.10. The van der Waals surface area contributed by atoms with Crippen LogP contribution in [0, 0.1) is 10.1 Å². The van der Waals surface area contributed by atoms with Crippen LogP contribution in [0.2, 0.25) is 0 Å². The van der Waals surface area contributed by atoms with Crippen LogP contribution in [-0.4, -0.2) is 18.9 Å². The van der Waals surface area contributed by atoms with Crippen molar-refractivity contribution < 1.29 is 17.5 Å². The van der Waals surface area contributed by atoms with Crippen LogP contribution in [0.3, 0.4) is 0 Å². The second kappa shape index (κ2) is 4.78. The number of rotatable bonds is 5. The molecule has 0 spiro atoms. The zero-order chi connectivity index (χ0) is 14.1. The summed E-state index contributed by atoms with van der Waals surface area (Å²) in [6.45, 7) is 1.81. The summed E-state index contributed by atoms with van der Waals surface area (Å²) < 4.78 is 30.8. The molecule has 1 aliphatic carbocycles. The van der Waals surface area contributed by atoms with Crippen molar-refractivity contribution in [1.29, 1.82) is 0 Å². The highest BCUT2D eigenvalue weighted by molar-refractivity contribution is 7.85. The van der Waals surface area contributed by atoms with Crippen molar-refractivity contribution in [1.82, 2.24) is 4.72 Å². The van der Waals surface area contributed by atoms with Crippen LogP contribution >= 0.6 is 0 Å². The number of hydrogen-bond donors (Lipinski definition) is 1. The molecule has 0 unspecified atom stereocenters. The molecule has 19 heavy (non-hydrogen) atoms. The Bertz CT molecular complexity index is 578. The predicted octanol–water partition coefficient (Wildman–Crippen LogP) is 1.75. The maximum atomic E-state index is 11.8. The van der Waals surface area contributed by atoms with Crippen LogP contribution in [0.25, 0.3) is 0 Å². The summed E-state index contributed by atoms with van der Waals surface area (Å²) >= 11 is 0. The average molecular weight is 286 g/mol. The molecule has 0 aromatic heterocycles. The molecular formula is C11H14N2O5S. The minimum atomic E-state index is -3.91. The zero-order valence-corrected chi connectivity index (χ0v) is 11.1. The number of hydrogen-bond acceptors (Lipinski definition) is 5. The van der Waals surface area contributed by atoms with Gasteiger partial charge in [-0.2, -0.15) is 13.1 Å². The van der Waals surface area contributed by atoms with Crippen molar-refractivity contribution >= 4 is 16.0 Å². The summed E-state index contributed by atoms with van der Waals surface area (Å²) in [5.74, 6) is 0.0426. The molecule has 8 heteroatoms. The summed E-state index contributed by atoms with van der Waals surface area (Å²) in [6, 6.07) is 4.88. The Balaban J connectivity index is 2.05. The van der Waals surface area contributed by atoms with Crippen LogP contribution in [0.5, 0.6) is 5.75 Å². The Hall–Kier alpha value is -1.67. The van der Waals surface area contributed by atoms with Crippen molar-refractivity contribution in [3.63, 3.8) is 0 Å². The Morgan fingerprint density at radius 1 is 1.32 bits per heavy atom. The fourth-order valence-electron chi connectivity index (χ4n) is 1.88. The number of nitro groups is 1. The maximum Gasteiger partial charge on any atom is 0.383 e. The molecule has 0 saturated heterocycles. The highest BCUT2D eigenvalue weighted by Crippen LogP contribution is 2.32. The zero-order valence-electron chi connectivity index (χ0n) is 10.3. The van der Waals surface area contributed by atoms with Crippen LogP contribution in [-0.2, 0) is 10.3 Å². The quantitative estimate of drug-likeness (QED) is 0.656. The standard InChI is InChI=1S/C11H14N2O5S/c1-11(7-2-8-11)12-19(16,17)18-10-5-3-9(4-6-10)13(14)15/h3-6,12H,2,7-8H2,1H3. The van der Waals surface area contributed by atoms with Gasteiger partial charge in [0.05, 0.1) is 4.92 Å². The Morgan fingerprint density at radius 3 is 2.32 bits per heavy atom. The Labute approximate surface area is 111 Å². The van der Waals surface area contributed by atoms with Crippen LogP contribution < -0.4 is 8.91 Å². The lowest BCUT2D eigenvalue weighted by Gasteiger charge is -2.37. The van der Waals surface area contributed by atoms with Gasteiger partial charge < -0.3 is 4.18 Å². The van der Waals surface area contributed by atoms with Crippen molar-refractivity contribution in [2.75, 3.05) is 0 Å². The second-order valence-electron chi connectivity index (χ2n) is 4.80. The summed E-state index contributed by atoms with van der Waals surface area (Å²) in [6.07, 6.45) is 2.53. The number of nitrogens with zero attached hydrogens (tertiary/aromatic N) is 1. The number of benzene rings is 1. The number of non-ortho nitro benzene ring substituents is 1. The smallest absolute Gasteiger partial charge is 0.371 e. The molecule has 0 bridgehead atoms. The third-order valence-electron chi connectivity index (χ3n) is 3.08. The molecule has 1 fully saturated rings. The number of nitro benzene ring substituents is 1. The van der Waals surface area contributed by atoms with E-state index in [-0.39, 0.29) is 11.4 Å². The lowest BCUT2D eigenvalue weighted by atomic mass is 9.80. The van der Waals surface area contributed by atoms with E-state index in [4.69, 9.17) is 4.18 Å². The van der Waals surface area contributed by atoms with Gasteiger partial charge in [0.25, 0.3) is 5.69 Å². The van der Waals surface area contributed by atoms with E-state index >= 15 is 0 Å². The Kier molecular flexibility index (Phi) is 3.46. The highest BCUT2D eigenvalue weighted by atomic mass is 32.2. The van der Waals surface area contributed by atoms with E-state index in [0.29, 0.717) is 0 Å². The first-order valence-electron chi connectivity index (χ1n) is 5.78. The van der Waals surface area contributed by atoms with Gasteiger partial charge in [-0.25, -0.2) is 0 Å². The molecule has 0 atom stereocenters. The van der Waals surface area contributed by atoms with Gasteiger partial charge >= 0.3 is 10.3 Å². The summed E-state index contributed by atoms with van der Waals surface area (Å²) in [5.41, 5.74) is -0.566. The first kappa shape index (κ1) is 13.8. The summed E-state index contributed by atoms with van der Waals surface area (Å²) in [4.78, 5) is 9.90. The monoisotopic (exact) mass is 286 g/mol. The van der Waals surface area contributed by atoms with Crippen molar-refractivity contribution in [3.05, 3.63) is 34.4 Å². The average Bonchev–Trinajstić information content (AvgIpc) is 2.26. The summed E-state index contributed by atoms with van der Waals surface area (Å²) in [5, 5.41) is 10.5. The molecule has 104 valence electrons. The van der Waals surface area contributed by atoms with Gasteiger partial charge in [0, 0.05) is 17.7 Å². The molecule has 0 heterocycles. The molecule has 2 rings (SSSR count). The largest absolute Gasteiger partial charge is 0.383 e. The van der Waals surface area contributed by atoms with E-state index in [2.05, 4.69) is 4.72 Å². The first-order chi connectivity index (χ1) is 8.80. The SMILES string of the molecule is CC1(NS(=O)(=O)Oc2ccc([N+](=O)[O-])cc2)CCC1. The number of nitrogens with one attached hydrogen (secondary N) is 1. The maximum absolute atomic E-state index is 11.8. The van der Waals surface area contributed by atoms with E-state index in [1.54, 1.807) is 0 Å². The van der Waals surface area contributed by atoms with Crippen molar-refractivity contribution in [2.24, 2.45) is 0 Å². The van der Waals surface area contributed by atoms with Crippen molar-refractivity contribution in [3.8, 4) is 5.75 Å². The van der Waals surface area contributed by atoms with E-state index in [1.165, 1.54) is 24.3 Å². The van der Waals surface area contributed by atoms with Crippen LogP contribution in [0.1, 0.15) is 26.2 Å². The van der Waals surface area contributed by atoms with Gasteiger partial charge in [-0.3, -0.25) is 10.1 Å². The molecule has 1 aliphatic rings. The fraction of sp³-hybridized carbons (Fsp3) is 0.455. The van der Waals surface area contributed by atoms with Gasteiger partial charge in [-0.15, -0.1) is 0 Å². The van der Waals surface area contributed by atoms with Gasteiger partial charge in [-0.1, -0.05) is 0 Å². The third-order valence-corrected chi connectivity index (χ3v) is 4.24. The van der Waals surface area contributed by atoms with E-state index in [0.717, 1.165) is 19.3 Å². The van der Waals surface area contributed by atoms with Gasteiger partial charge in [0.1, 0.15) is 5.75 Å². The molecule has 1 aromatic rings. The molecule has 0 amide bonds. The molecule has 7 nitrogen and oxygen atoms in total. The lowest BCUT2D eigenvalue weighted by molar-refractivity contribution is -0.384. The van der Waals surface area contributed by atoms with E-state index in [1.807, 2.05) is 6.92 Å². The molecule has 0 aliphatic heterocycles.